The lowest BCUT2D eigenvalue weighted by Gasteiger charge is -2.36. The molecule has 0 aromatic heterocycles. The summed E-state index contributed by atoms with van der Waals surface area (Å²) in [5, 5.41) is 5.01. The van der Waals surface area contributed by atoms with Gasteiger partial charge >= 0.3 is 0 Å². The van der Waals surface area contributed by atoms with Crippen LogP contribution in [0.2, 0.25) is 0 Å². The van der Waals surface area contributed by atoms with Crippen molar-refractivity contribution in [2.24, 2.45) is 0 Å². The maximum Gasteiger partial charge on any atom is 0.251 e. The number of carbonyl (C=O) groups excluding carboxylic acids is 1. The number of anilines is 3. The van der Waals surface area contributed by atoms with E-state index in [1.54, 1.807) is 0 Å². The summed E-state index contributed by atoms with van der Waals surface area (Å²) in [6.45, 7) is 2.03. The molecule has 4 rings (SSSR count). The van der Waals surface area contributed by atoms with Crippen LogP contribution in [0.5, 0.6) is 0 Å². The molecule has 4 heteroatoms. The fourth-order valence-electron chi connectivity index (χ4n) is 3.48. The first-order valence-electron chi connectivity index (χ1n) is 8.83. The molecule has 1 aliphatic heterocycles. The lowest BCUT2D eigenvalue weighted by molar-refractivity contribution is -0.122. The largest absolute Gasteiger partial charge is 0.324 e. The van der Waals surface area contributed by atoms with Gasteiger partial charge in [0.25, 0.3) is 5.91 Å². The van der Waals surface area contributed by atoms with E-state index in [-0.39, 0.29) is 5.91 Å². The quantitative estimate of drug-likeness (QED) is 0.666. The van der Waals surface area contributed by atoms with E-state index in [1.807, 2.05) is 96.9 Å². The maximum atomic E-state index is 13.0. The number of amides is 1. The molecule has 1 heterocycles. The van der Waals surface area contributed by atoms with Crippen molar-refractivity contribution >= 4 is 23.0 Å². The van der Waals surface area contributed by atoms with E-state index in [2.05, 4.69) is 10.7 Å². The first-order chi connectivity index (χ1) is 12.7. The maximum absolute atomic E-state index is 13.0. The Hall–Kier alpha value is -3.11. The molecule has 4 nitrogen and oxygen atoms in total. The average Bonchev–Trinajstić information content (AvgIpc) is 2.99. The van der Waals surface area contributed by atoms with Crippen LogP contribution in [0.4, 0.5) is 17.1 Å². The van der Waals surface area contributed by atoms with E-state index < -0.39 is 5.54 Å². The summed E-state index contributed by atoms with van der Waals surface area (Å²) in [6, 6.07) is 27.9. The van der Waals surface area contributed by atoms with Gasteiger partial charge in [-0.25, -0.2) is 5.43 Å². The molecule has 26 heavy (non-hydrogen) atoms. The van der Waals surface area contributed by atoms with Gasteiger partial charge in [0, 0.05) is 11.3 Å². The Bertz CT molecular complexity index is 871. The highest BCUT2D eigenvalue weighted by molar-refractivity contribution is 6.06. The average molecular weight is 343 g/mol. The predicted octanol–water partition coefficient (Wildman–Crippen LogP) is 4.59. The number of hydrogen-bond donors (Lipinski definition) is 2. The van der Waals surface area contributed by atoms with E-state index >= 15 is 0 Å². The minimum Gasteiger partial charge on any atom is -0.324 e. The highest BCUT2D eigenvalue weighted by Gasteiger charge is 2.46. The summed E-state index contributed by atoms with van der Waals surface area (Å²) >= 11 is 0. The zero-order valence-electron chi connectivity index (χ0n) is 14.6. The molecule has 0 saturated carbocycles. The van der Waals surface area contributed by atoms with Crippen LogP contribution in [0, 0.1) is 0 Å². The zero-order chi connectivity index (χ0) is 18.0. The molecule has 0 bridgehead atoms. The van der Waals surface area contributed by atoms with Crippen LogP contribution < -0.4 is 15.8 Å². The van der Waals surface area contributed by atoms with Gasteiger partial charge in [0.05, 0.1) is 11.4 Å². The predicted molar refractivity (Wildman–Crippen MR) is 105 cm³/mol. The number of nitrogens with one attached hydrogen (secondary N) is 2. The Morgan fingerprint density at radius 2 is 1.38 bits per heavy atom. The molecule has 0 aliphatic carbocycles. The third kappa shape index (κ3) is 2.65. The van der Waals surface area contributed by atoms with Crippen LogP contribution in [-0.4, -0.2) is 5.91 Å². The first kappa shape index (κ1) is 16.4. The summed E-state index contributed by atoms with van der Waals surface area (Å²) in [7, 11) is 0. The van der Waals surface area contributed by atoms with E-state index in [1.165, 1.54) is 0 Å². The van der Waals surface area contributed by atoms with Gasteiger partial charge in [0.15, 0.2) is 0 Å². The molecular formula is C22H21N3O. The van der Waals surface area contributed by atoms with Crippen molar-refractivity contribution in [3.63, 3.8) is 0 Å². The molecule has 0 saturated heterocycles. The van der Waals surface area contributed by atoms with Crippen LogP contribution in [0.3, 0.4) is 0 Å². The Labute approximate surface area is 153 Å². The first-order valence-corrected chi connectivity index (χ1v) is 8.83. The highest BCUT2D eigenvalue weighted by atomic mass is 16.2. The summed E-state index contributed by atoms with van der Waals surface area (Å²) in [4.78, 5) is 13.0. The van der Waals surface area contributed by atoms with Crippen molar-refractivity contribution in [3.05, 3.63) is 90.5 Å². The van der Waals surface area contributed by atoms with Crippen molar-refractivity contribution in [2.45, 2.75) is 18.9 Å². The molecule has 2 N–H and O–H groups in total. The van der Waals surface area contributed by atoms with Crippen molar-refractivity contribution < 1.29 is 4.79 Å². The number of nitrogens with zero attached hydrogens (tertiary/aromatic N) is 1. The lowest BCUT2D eigenvalue weighted by atomic mass is 9.89. The van der Waals surface area contributed by atoms with Crippen LogP contribution in [0.15, 0.2) is 84.9 Å². The molecule has 3 aromatic rings. The normalized spacial score (nSPS) is 18.3. The van der Waals surface area contributed by atoms with Crippen LogP contribution in [-0.2, 0) is 10.3 Å². The van der Waals surface area contributed by atoms with Crippen LogP contribution in [0.25, 0.3) is 0 Å². The van der Waals surface area contributed by atoms with Crippen LogP contribution >= 0.6 is 0 Å². The summed E-state index contributed by atoms with van der Waals surface area (Å²) in [6.07, 6.45) is 0.631. The number of rotatable bonds is 5. The molecule has 0 radical (unpaired) electrons. The molecule has 1 unspecified atom stereocenters. The van der Waals surface area contributed by atoms with Gasteiger partial charge in [-0.15, -0.1) is 0 Å². The third-order valence-electron chi connectivity index (χ3n) is 4.88. The summed E-state index contributed by atoms with van der Waals surface area (Å²) in [5.41, 5.74) is 6.52. The second-order valence-corrected chi connectivity index (χ2v) is 6.38. The second-order valence-electron chi connectivity index (χ2n) is 6.38. The van der Waals surface area contributed by atoms with Gasteiger partial charge in [-0.3, -0.25) is 9.80 Å². The molecule has 1 aliphatic rings. The molecule has 1 amide bonds. The molecule has 0 fully saturated rings. The number of fused-ring (bicyclic) bond motifs is 1. The topological polar surface area (TPSA) is 44.4 Å². The summed E-state index contributed by atoms with van der Waals surface area (Å²) in [5.74, 6) is -0.0296. The Kier molecular flexibility index (Phi) is 4.19. The fourth-order valence-corrected chi connectivity index (χ4v) is 3.48. The van der Waals surface area contributed by atoms with Gasteiger partial charge in [0.1, 0.15) is 5.54 Å². The van der Waals surface area contributed by atoms with Crippen molar-refractivity contribution in [2.75, 3.05) is 10.3 Å². The monoisotopic (exact) mass is 343 g/mol. The van der Waals surface area contributed by atoms with Gasteiger partial charge in [-0.05, 0) is 36.8 Å². The minimum atomic E-state index is -0.817. The summed E-state index contributed by atoms with van der Waals surface area (Å²) < 4.78 is 0. The third-order valence-corrected chi connectivity index (χ3v) is 4.88. The van der Waals surface area contributed by atoms with Crippen molar-refractivity contribution in [1.29, 1.82) is 0 Å². The number of hydrazine groups is 1. The van der Waals surface area contributed by atoms with Crippen molar-refractivity contribution in [1.82, 2.24) is 5.43 Å². The van der Waals surface area contributed by atoms with Gasteiger partial charge in [0.2, 0.25) is 0 Å². The lowest BCUT2D eigenvalue weighted by Crippen LogP contribution is -2.54. The minimum absolute atomic E-state index is 0.0296. The number of benzene rings is 3. The standard InChI is InChI=1S/C22H21N3O/c1-2-22(19-15-9-10-16-20(19)23-21(22)26)24-25(17-11-5-3-6-12-17)18-13-7-4-8-14-18/h3-16,24H,2H2,1H3,(H,23,26). The Morgan fingerprint density at radius 1 is 0.846 bits per heavy atom. The Balaban J connectivity index is 1.82. The number of carbonyl (C=O) groups is 1. The van der Waals surface area contributed by atoms with E-state index in [0.717, 1.165) is 22.6 Å². The van der Waals surface area contributed by atoms with Gasteiger partial charge < -0.3 is 5.32 Å². The molecule has 130 valence electrons. The van der Waals surface area contributed by atoms with Gasteiger partial charge in [-0.2, -0.15) is 0 Å². The number of hydrogen-bond acceptors (Lipinski definition) is 3. The number of para-hydroxylation sites is 3. The van der Waals surface area contributed by atoms with E-state index in [0.29, 0.717) is 6.42 Å². The molecule has 1 atom stereocenters. The highest BCUT2D eigenvalue weighted by Crippen LogP contribution is 2.40. The SMILES string of the molecule is CCC1(NN(c2ccccc2)c2ccccc2)C(=O)Nc2ccccc21. The molecule has 0 spiro atoms. The molecular weight excluding hydrogens is 322 g/mol. The van der Waals surface area contributed by atoms with Crippen molar-refractivity contribution in [3.8, 4) is 0 Å². The van der Waals surface area contributed by atoms with Gasteiger partial charge in [-0.1, -0.05) is 61.5 Å². The van der Waals surface area contributed by atoms with E-state index in [4.69, 9.17) is 0 Å². The fraction of sp³-hybridized carbons (Fsp3) is 0.136. The zero-order valence-corrected chi connectivity index (χ0v) is 14.6. The smallest absolute Gasteiger partial charge is 0.251 e. The second kappa shape index (κ2) is 6.65. The Morgan fingerprint density at radius 3 is 1.96 bits per heavy atom. The van der Waals surface area contributed by atoms with Crippen LogP contribution in [0.1, 0.15) is 18.9 Å². The molecule has 3 aromatic carbocycles. The van der Waals surface area contributed by atoms with E-state index in [9.17, 15) is 4.79 Å².